The molecule has 0 saturated carbocycles. The highest BCUT2D eigenvalue weighted by atomic mass is 19.2. The summed E-state index contributed by atoms with van der Waals surface area (Å²) in [6.45, 7) is 1.75. The molecular formula is C19H17F4N3O2. The lowest BCUT2D eigenvalue weighted by Gasteiger charge is -2.36. The number of nitrogens with one attached hydrogen (secondary N) is 1. The summed E-state index contributed by atoms with van der Waals surface area (Å²) >= 11 is 0. The van der Waals surface area contributed by atoms with Crippen LogP contribution in [-0.2, 0) is 9.59 Å². The molecular weight excluding hydrogens is 378 g/mol. The van der Waals surface area contributed by atoms with E-state index in [0.29, 0.717) is 32.2 Å². The molecule has 1 aliphatic rings. The first kappa shape index (κ1) is 19.7. The Morgan fingerprint density at radius 1 is 0.857 bits per heavy atom. The summed E-state index contributed by atoms with van der Waals surface area (Å²) in [6.07, 6.45) is -0.547. The normalized spacial score (nSPS) is 14.1. The van der Waals surface area contributed by atoms with Crippen molar-refractivity contribution in [3.05, 3.63) is 59.7 Å². The van der Waals surface area contributed by atoms with Crippen molar-refractivity contribution < 1.29 is 27.2 Å². The molecule has 0 unspecified atom stereocenters. The lowest BCUT2D eigenvalue weighted by Crippen LogP contribution is -2.49. The molecule has 1 heterocycles. The third-order valence-corrected chi connectivity index (χ3v) is 4.45. The van der Waals surface area contributed by atoms with Crippen LogP contribution < -0.4 is 10.2 Å². The van der Waals surface area contributed by atoms with Crippen LogP contribution in [0.15, 0.2) is 36.4 Å². The van der Waals surface area contributed by atoms with Crippen LogP contribution in [0.5, 0.6) is 0 Å². The first-order valence-electron chi connectivity index (χ1n) is 8.57. The van der Waals surface area contributed by atoms with E-state index in [1.165, 1.54) is 17.0 Å². The predicted octanol–water partition coefficient (Wildman–Crippen LogP) is 2.92. The molecule has 148 valence electrons. The largest absolute Gasteiger partial charge is 0.368 e. The number of benzene rings is 2. The summed E-state index contributed by atoms with van der Waals surface area (Å²) in [7, 11) is 0. The van der Waals surface area contributed by atoms with Gasteiger partial charge in [-0.1, -0.05) is 0 Å². The number of halogens is 4. The van der Waals surface area contributed by atoms with Crippen LogP contribution in [0, 0.1) is 23.3 Å². The maximum atomic E-state index is 13.6. The van der Waals surface area contributed by atoms with E-state index in [0.717, 1.165) is 11.8 Å². The number of carbonyl (C=O) groups excluding carboxylic acids is 2. The van der Waals surface area contributed by atoms with Gasteiger partial charge in [-0.05, 0) is 36.4 Å². The number of carbonyl (C=O) groups is 2. The van der Waals surface area contributed by atoms with Gasteiger partial charge < -0.3 is 15.1 Å². The molecule has 28 heavy (non-hydrogen) atoms. The molecule has 9 heteroatoms. The highest BCUT2D eigenvalue weighted by Crippen LogP contribution is 2.20. The number of hydrogen-bond donors (Lipinski definition) is 1. The van der Waals surface area contributed by atoms with Crippen LogP contribution in [0.2, 0.25) is 0 Å². The van der Waals surface area contributed by atoms with Crippen molar-refractivity contribution >= 4 is 23.2 Å². The van der Waals surface area contributed by atoms with Crippen molar-refractivity contribution in [1.29, 1.82) is 0 Å². The van der Waals surface area contributed by atoms with Gasteiger partial charge in [0.2, 0.25) is 11.8 Å². The van der Waals surface area contributed by atoms with Crippen LogP contribution in [0.25, 0.3) is 0 Å². The minimum Gasteiger partial charge on any atom is -0.368 e. The Bertz CT molecular complexity index is 881. The zero-order valence-corrected chi connectivity index (χ0v) is 14.7. The molecule has 2 aromatic carbocycles. The van der Waals surface area contributed by atoms with Gasteiger partial charge in [0.25, 0.3) is 0 Å². The second kappa shape index (κ2) is 8.28. The van der Waals surface area contributed by atoms with E-state index < -0.39 is 41.4 Å². The first-order valence-corrected chi connectivity index (χ1v) is 8.57. The number of hydrogen-bond acceptors (Lipinski definition) is 3. The van der Waals surface area contributed by atoms with E-state index >= 15 is 0 Å². The van der Waals surface area contributed by atoms with Gasteiger partial charge >= 0.3 is 0 Å². The predicted molar refractivity (Wildman–Crippen MR) is 94.8 cm³/mol. The van der Waals surface area contributed by atoms with Crippen molar-refractivity contribution in [2.45, 2.75) is 6.42 Å². The Labute approximate surface area is 158 Å². The lowest BCUT2D eigenvalue weighted by atomic mass is 10.2. The van der Waals surface area contributed by atoms with Gasteiger partial charge in [-0.15, -0.1) is 0 Å². The highest BCUT2D eigenvalue weighted by Gasteiger charge is 2.24. The molecule has 0 aliphatic carbocycles. The molecule has 0 bridgehead atoms. The minimum atomic E-state index is -1.69. The fourth-order valence-electron chi connectivity index (χ4n) is 2.93. The number of rotatable bonds is 4. The van der Waals surface area contributed by atoms with Gasteiger partial charge in [0, 0.05) is 31.9 Å². The Morgan fingerprint density at radius 2 is 1.50 bits per heavy atom. The number of anilines is 2. The summed E-state index contributed by atoms with van der Waals surface area (Å²) in [5, 5.41) is 2.07. The van der Waals surface area contributed by atoms with E-state index in [4.69, 9.17) is 0 Å². The quantitative estimate of drug-likeness (QED) is 0.492. The molecule has 1 fully saturated rings. The summed E-state index contributed by atoms with van der Waals surface area (Å²) < 4.78 is 52.7. The van der Waals surface area contributed by atoms with Gasteiger partial charge in [-0.3, -0.25) is 9.59 Å². The molecule has 3 rings (SSSR count). The average molecular weight is 395 g/mol. The molecule has 2 aromatic rings. The maximum absolute atomic E-state index is 13.6. The number of nitrogens with zero attached hydrogens (tertiary/aromatic N) is 2. The number of amides is 2. The smallest absolute Gasteiger partial charge is 0.233 e. The van der Waals surface area contributed by atoms with Crippen molar-refractivity contribution in [3.63, 3.8) is 0 Å². The molecule has 1 N–H and O–H groups in total. The Hall–Kier alpha value is -3.10. The van der Waals surface area contributed by atoms with Gasteiger partial charge in [-0.25, -0.2) is 17.6 Å². The molecule has 1 saturated heterocycles. The van der Waals surface area contributed by atoms with Crippen LogP contribution >= 0.6 is 0 Å². The first-order chi connectivity index (χ1) is 13.3. The Kier molecular flexibility index (Phi) is 5.81. The van der Waals surface area contributed by atoms with Gasteiger partial charge in [0.05, 0.1) is 5.69 Å². The van der Waals surface area contributed by atoms with E-state index in [-0.39, 0.29) is 5.82 Å². The molecule has 1 aliphatic heterocycles. The summed E-state index contributed by atoms with van der Waals surface area (Å²) in [5.74, 6) is -6.20. The molecule has 2 amide bonds. The minimum absolute atomic E-state index is 0.332. The van der Waals surface area contributed by atoms with Gasteiger partial charge in [0.15, 0.2) is 17.5 Å². The van der Waals surface area contributed by atoms with E-state index in [9.17, 15) is 27.2 Å². The molecule has 0 spiro atoms. The van der Waals surface area contributed by atoms with Gasteiger partial charge in [-0.2, -0.15) is 0 Å². The fourth-order valence-corrected chi connectivity index (χ4v) is 2.93. The van der Waals surface area contributed by atoms with E-state index in [1.54, 1.807) is 12.1 Å². The second-order valence-corrected chi connectivity index (χ2v) is 6.29. The van der Waals surface area contributed by atoms with Crippen LogP contribution in [0.1, 0.15) is 6.42 Å². The summed E-state index contributed by atoms with van der Waals surface area (Å²) in [4.78, 5) is 27.7. The van der Waals surface area contributed by atoms with Crippen molar-refractivity contribution in [2.75, 3.05) is 36.4 Å². The van der Waals surface area contributed by atoms with E-state index in [1.807, 2.05) is 4.90 Å². The van der Waals surface area contributed by atoms with Crippen molar-refractivity contribution in [1.82, 2.24) is 4.90 Å². The molecule has 0 atom stereocenters. The number of piperazine rings is 1. The Morgan fingerprint density at radius 3 is 2.14 bits per heavy atom. The third kappa shape index (κ3) is 4.41. The molecule has 0 radical (unpaired) electrons. The highest BCUT2D eigenvalue weighted by molar-refractivity contribution is 6.03. The monoisotopic (exact) mass is 395 g/mol. The van der Waals surface area contributed by atoms with Crippen molar-refractivity contribution in [2.24, 2.45) is 0 Å². The van der Waals surface area contributed by atoms with Crippen molar-refractivity contribution in [3.8, 4) is 0 Å². The van der Waals surface area contributed by atoms with Crippen LogP contribution in [0.3, 0.4) is 0 Å². The summed E-state index contributed by atoms with van der Waals surface area (Å²) in [6, 6.07) is 7.58. The second-order valence-electron chi connectivity index (χ2n) is 6.29. The third-order valence-electron chi connectivity index (χ3n) is 4.45. The molecule has 0 aromatic heterocycles. The average Bonchev–Trinajstić information content (AvgIpc) is 2.69. The van der Waals surface area contributed by atoms with E-state index in [2.05, 4.69) is 5.32 Å². The maximum Gasteiger partial charge on any atom is 0.233 e. The lowest BCUT2D eigenvalue weighted by molar-refractivity contribution is -0.134. The zero-order valence-electron chi connectivity index (χ0n) is 14.7. The SMILES string of the molecule is O=C(CC(=O)N1CCN(c2ccc(F)cc2)CC1)Nc1ccc(F)c(F)c1F. The van der Waals surface area contributed by atoms with Crippen LogP contribution in [-0.4, -0.2) is 42.9 Å². The zero-order chi connectivity index (χ0) is 20.3. The standard InChI is InChI=1S/C19H17F4N3O2/c20-12-1-3-13(4-2-12)25-7-9-26(10-8-25)17(28)11-16(27)24-15-6-5-14(21)18(22)19(15)23/h1-6H,7-11H2,(H,24,27). The Balaban J connectivity index is 1.52. The molecule has 5 nitrogen and oxygen atoms in total. The topological polar surface area (TPSA) is 52.7 Å². The fraction of sp³-hybridized carbons (Fsp3) is 0.263. The summed E-state index contributed by atoms with van der Waals surface area (Å²) in [5.41, 5.74) is 0.304. The van der Waals surface area contributed by atoms with Gasteiger partial charge in [0.1, 0.15) is 12.2 Å². The van der Waals surface area contributed by atoms with Crippen LogP contribution in [0.4, 0.5) is 28.9 Å².